The summed E-state index contributed by atoms with van der Waals surface area (Å²) in [5.74, 6) is -0.754. The van der Waals surface area contributed by atoms with Crippen LogP contribution in [0.3, 0.4) is 0 Å². The summed E-state index contributed by atoms with van der Waals surface area (Å²) < 4.78 is 0. The van der Waals surface area contributed by atoms with Gasteiger partial charge in [-0.25, -0.2) is 0 Å². The molecule has 3 heteroatoms. The Morgan fingerprint density at radius 1 is 0.486 bits per heavy atom. The molecular weight excluding hydrogens is 471 g/mol. The number of unbranched alkanes of at least 4 members (excludes halogenated alkanes) is 15. The van der Waals surface area contributed by atoms with Crippen LogP contribution in [-0.4, -0.2) is 35.7 Å². The molecule has 1 atom stereocenters. The third-order valence-corrected chi connectivity index (χ3v) is 13.3. The highest BCUT2D eigenvalue weighted by Crippen LogP contribution is 2.61. The summed E-state index contributed by atoms with van der Waals surface area (Å²) in [6, 6.07) is 0. The van der Waals surface area contributed by atoms with Crippen LogP contribution in [0.25, 0.3) is 0 Å². The summed E-state index contributed by atoms with van der Waals surface area (Å²) in [4.78, 5) is 10.4. The normalized spacial score (nSPS) is 12.3. The van der Waals surface area contributed by atoms with Crippen LogP contribution in [0.1, 0.15) is 183 Å². The van der Waals surface area contributed by atoms with Crippen molar-refractivity contribution in [1.29, 1.82) is 0 Å². The Kier molecular flexibility index (Phi) is 32.1. The fourth-order valence-electron chi connectivity index (χ4n) is 5.39. The van der Waals surface area contributed by atoms with Gasteiger partial charge in [-0.15, -0.1) is 0 Å². The lowest BCUT2D eigenvalue weighted by Gasteiger charge is -2.28. The Balaban J connectivity index is 0. The minimum Gasteiger partial charge on any atom is -0.481 e. The summed E-state index contributed by atoms with van der Waals surface area (Å²) in [6.07, 6.45) is 36.7. The standard InChI is InChI=1S/C26H56P.C8H16O2/c1-5-9-13-14-15-16-17-18-19-20-21-22-26-27(23-10-6-2,24-11-7-3)25-12-8-4;1-3-5-6-7(4-2)8(9)10/h5-26H2,1-4H3;7H,3-6H2,1-2H3,(H,9,10)/q+1;. The van der Waals surface area contributed by atoms with Crippen molar-refractivity contribution in [3.05, 3.63) is 0 Å². The first-order valence-electron chi connectivity index (χ1n) is 17.0. The SMILES string of the molecule is CCCCC(CC)C(=O)O.CCCCCCCCCCCCCC[P+](CCCC)(CCCC)CCCC. The third kappa shape index (κ3) is 25.9. The molecule has 0 aliphatic carbocycles. The van der Waals surface area contributed by atoms with Gasteiger partial charge in [0, 0.05) is 7.26 Å². The van der Waals surface area contributed by atoms with Crippen molar-refractivity contribution in [2.45, 2.75) is 183 Å². The molecule has 0 aliphatic heterocycles. The van der Waals surface area contributed by atoms with Crippen molar-refractivity contribution in [3.63, 3.8) is 0 Å². The predicted molar refractivity (Wildman–Crippen MR) is 173 cm³/mol. The summed E-state index contributed by atoms with van der Waals surface area (Å²) in [7, 11) is -0.626. The zero-order chi connectivity index (χ0) is 28.0. The summed E-state index contributed by atoms with van der Waals surface area (Å²) >= 11 is 0. The molecule has 2 nitrogen and oxygen atoms in total. The quantitative estimate of drug-likeness (QED) is 0.0826. The van der Waals surface area contributed by atoms with Gasteiger partial charge in [-0.05, 0) is 44.9 Å². The van der Waals surface area contributed by atoms with Crippen molar-refractivity contribution in [3.8, 4) is 0 Å². The number of carbonyl (C=O) groups is 1. The highest BCUT2D eigenvalue weighted by Gasteiger charge is 2.34. The second kappa shape index (κ2) is 30.4. The molecule has 224 valence electrons. The van der Waals surface area contributed by atoms with Crippen LogP contribution < -0.4 is 0 Å². The molecule has 0 aliphatic rings. The topological polar surface area (TPSA) is 37.3 Å². The first kappa shape index (κ1) is 39.0. The number of carboxylic acid groups (broad SMARTS) is 1. The van der Waals surface area contributed by atoms with E-state index in [4.69, 9.17) is 5.11 Å². The Bertz CT molecular complexity index is 429. The maximum atomic E-state index is 10.4. The fraction of sp³-hybridized carbons (Fsp3) is 0.971. The summed E-state index contributed by atoms with van der Waals surface area (Å²) in [5, 5.41) is 8.60. The maximum Gasteiger partial charge on any atom is 0.306 e. The molecule has 0 bridgehead atoms. The lowest BCUT2D eigenvalue weighted by atomic mass is 10.00. The van der Waals surface area contributed by atoms with E-state index in [2.05, 4.69) is 34.6 Å². The van der Waals surface area contributed by atoms with Gasteiger partial charge in [0.25, 0.3) is 0 Å². The lowest BCUT2D eigenvalue weighted by Crippen LogP contribution is -2.13. The van der Waals surface area contributed by atoms with E-state index in [0.29, 0.717) is 0 Å². The van der Waals surface area contributed by atoms with Crippen molar-refractivity contribution in [2.24, 2.45) is 5.92 Å². The van der Waals surface area contributed by atoms with Gasteiger partial charge in [-0.1, -0.05) is 138 Å². The smallest absolute Gasteiger partial charge is 0.306 e. The van der Waals surface area contributed by atoms with Gasteiger partial charge in [-0.3, -0.25) is 4.79 Å². The van der Waals surface area contributed by atoms with E-state index in [1.165, 1.54) is 109 Å². The first-order valence-corrected chi connectivity index (χ1v) is 19.6. The largest absolute Gasteiger partial charge is 0.481 e. The molecule has 0 heterocycles. The van der Waals surface area contributed by atoms with E-state index in [-0.39, 0.29) is 5.92 Å². The molecule has 1 unspecified atom stereocenters. The molecule has 0 aromatic heterocycles. The molecule has 0 amide bonds. The Morgan fingerprint density at radius 3 is 1.14 bits per heavy atom. The van der Waals surface area contributed by atoms with Crippen LogP contribution in [0.2, 0.25) is 0 Å². The number of aliphatic carboxylic acids is 1. The van der Waals surface area contributed by atoms with Crippen molar-refractivity contribution in [2.75, 3.05) is 24.6 Å². The Morgan fingerprint density at radius 2 is 0.811 bits per heavy atom. The maximum absolute atomic E-state index is 10.4. The zero-order valence-electron chi connectivity index (χ0n) is 26.8. The average molecular weight is 544 g/mol. The van der Waals surface area contributed by atoms with Gasteiger partial charge in [0.15, 0.2) is 0 Å². The fourth-order valence-corrected chi connectivity index (χ4v) is 10.6. The van der Waals surface area contributed by atoms with Crippen molar-refractivity contribution < 1.29 is 9.90 Å². The van der Waals surface area contributed by atoms with Crippen LogP contribution in [0.5, 0.6) is 0 Å². The molecule has 0 saturated heterocycles. The van der Waals surface area contributed by atoms with Crippen LogP contribution in [0.15, 0.2) is 0 Å². The van der Waals surface area contributed by atoms with Gasteiger partial charge >= 0.3 is 5.97 Å². The van der Waals surface area contributed by atoms with Gasteiger partial charge in [0.05, 0.1) is 30.6 Å². The van der Waals surface area contributed by atoms with Crippen molar-refractivity contribution in [1.82, 2.24) is 0 Å². The molecule has 0 fully saturated rings. The molecule has 0 aromatic rings. The van der Waals surface area contributed by atoms with Gasteiger partial charge in [-0.2, -0.15) is 0 Å². The minimum atomic E-state index is -0.643. The van der Waals surface area contributed by atoms with Crippen LogP contribution in [0, 0.1) is 5.92 Å². The van der Waals surface area contributed by atoms with Crippen LogP contribution in [-0.2, 0) is 4.79 Å². The van der Waals surface area contributed by atoms with E-state index in [9.17, 15) is 4.79 Å². The predicted octanol–water partition coefficient (Wildman–Crippen LogP) is 12.4. The number of rotatable bonds is 27. The van der Waals surface area contributed by atoms with E-state index in [1.54, 1.807) is 31.1 Å². The summed E-state index contributed by atoms with van der Waals surface area (Å²) in [6.45, 7) is 13.5. The molecule has 0 saturated carbocycles. The zero-order valence-corrected chi connectivity index (χ0v) is 27.7. The molecule has 0 aromatic carbocycles. The highest BCUT2D eigenvalue weighted by molar-refractivity contribution is 7.75. The first-order chi connectivity index (χ1) is 18.0. The number of hydrogen-bond acceptors (Lipinski definition) is 1. The van der Waals surface area contributed by atoms with Gasteiger partial charge < -0.3 is 5.11 Å². The lowest BCUT2D eigenvalue weighted by molar-refractivity contribution is -0.142. The van der Waals surface area contributed by atoms with E-state index in [0.717, 1.165) is 25.7 Å². The van der Waals surface area contributed by atoms with E-state index in [1.807, 2.05) is 6.92 Å². The van der Waals surface area contributed by atoms with Crippen molar-refractivity contribution >= 4 is 13.2 Å². The third-order valence-electron chi connectivity index (χ3n) is 8.19. The van der Waals surface area contributed by atoms with E-state index >= 15 is 0 Å². The molecule has 37 heavy (non-hydrogen) atoms. The number of hydrogen-bond donors (Lipinski definition) is 1. The van der Waals surface area contributed by atoms with Gasteiger partial charge in [0.2, 0.25) is 0 Å². The molecular formula is C34H72O2P+. The number of carboxylic acids is 1. The molecule has 0 rings (SSSR count). The second-order valence-electron chi connectivity index (χ2n) is 11.8. The second-order valence-corrected chi connectivity index (χ2v) is 16.2. The molecule has 0 radical (unpaired) electrons. The summed E-state index contributed by atoms with van der Waals surface area (Å²) in [5.41, 5.74) is 0. The van der Waals surface area contributed by atoms with Gasteiger partial charge in [0.1, 0.15) is 0 Å². The van der Waals surface area contributed by atoms with Crippen LogP contribution >= 0.6 is 7.26 Å². The Hall–Kier alpha value is -0.100. The Labute approximate surface area is 236 Å². The van der Waals surface area contributed by atoms with E-state index < -0.39 is 13.2 Å². The molecule has 1 N–H and O–H groups in total. The highest BCUT2D eigenvalue weighted by atomic mass is 31.2. The molecule has 0 spiro atoms. The van der Waals surface area contributed by atoms with Crippen LogP contribution in [0.4, 0.5) is 0 Å². The minimum absolute atomic E-state index is 0.111. The monoisotopic (exact) mass is 544 g/mol. The average Bonchev–Trinajstić information content (AvgIpc) is 2.90.